The van der Waals surface area contributed by atoms with E-state index in [0.717, 1.165) is 16.9 Å². The number of anilines is 1. The van der Waals surface area contributed by atoms with Gasteiger partial charge in [0, 0.05) is 25.0 Å². The van der Waals surface area contributed by atoms with Crippen LogP contribution in [0.25, 0.3) is 0 Å². The summed E-state index contributed by atoms with van der Waals surface area (Å²) < 4.78 is 1.70. The van der Waals surface area contributed by atoms with E-state index in [4.69, 9.17) is 0 Å². The van der Waals surface area contributed by atoms with Crippen molar-refractivity contribution in [3.05, 3.63) is 58.1 Å². The second-order valence-corrected chi connectivity index (χ2v) is 3.92. The lowest BCUT2D eigenvalue weighted by molar-refractivity contribution is 0.751. The average Bonchev–Trinajstić information content (AvgIpc) is 2.35. The molecule has 0 saturated carbocycles. The van der Waals surface area contributed by atoms with Gasteiger partial charge in [0.05, 0.1) is 6.54 Å². The number of hydrogen-bond acceptors (Lipinski definition) is 3. The number of hydrogen-bond donors (Lipinski definition) is 1. The molecule has 2 heterocycles. The number of nitrogens with one attached hydrogen (secondary N) is 1. The molecule has 0 radical (unpaired) electrons. The molecule has 0 saturated heterocycles. The second kappa shape index (κ2) is 4.82. The van der Waals surface area contributed by atoms with Gasteiger partial charge >= 0.3 is 0 Å². The van der Waals surface area contributed by atoms with Gasteiger partial charge in [0.15, 0.2) is 0 Å². The summed E-state index contributed by atoms with van der Waals surface area (Å²) in [4.78, 5) is 16.0. The van der Waals surface area contributed by atoms with Crippen LogP contribution in [-0.4, -0.2) is 16.6 Å². The van der Waals surface area contributed by atoms with Gasteiger partial charge in [-0.25, -0.2) is 4.98 Å². The molecule has 0 fully saturated rings. The van der Waals surface area contributed by atoms with Crippen LogP contribution in [0.4, 0.5) is 5.82 Å². The first-order chi connectivity index (χ1) is 8.20. The minimum absolute atomic E-state index is 0.0512. The predicted octanol–water partition coefficient (Wildman–Crippen LogP) is 1.64. The maximum Gasteiger partial charge on any atom is 0.253 e. The monoisotopic (exact) mass is 229 g/mol. The van der Waals surface area contributed by atoms with Gasteiger partial charge in [-0.2, -0.15) is 0 Å². The number of aryl methyl sites for hydroxylation is 1. The van der Waals surface area contributed by atoms with E-state index in [-0.39, 0.29) is 5.56 Å². The Kier molecular flexibility index (Phi) is 3.23. The van der Waals surface area contributed by atoms with Crippen molar-refractivity contribution in [2.75, 3.05) is 12.4 Å². The van der Waals surface area contributed by atoms with E-state index in [1.165, 1.54) is 0 Å². The third kappa shape index (κ3) is 2.53. The maximum absolute atomic E-state index is 11.9. The van der Waals surface area contributed by atoms with Crippen LogP contribution in [0.5, 0.6) is 0 Å². The summed E-state index contributed by atoms with van der Waals surface area (Å²) in [6.07, 6.45) is 3.54. The first kappa shape index (κ1) is 11.4. The van der Waals surface area contributed by atoms with Gasteiger partial charge in [-0.05, 0) is 30.7 Å². The highest BCUT2D eigenvalue weighted by Gasteiger charge is 2.01. The topological polar surface area (TPSA) is 46.9 Å². The van der Waals surface area contributed by atoms with Crippen molar-refractivity contribution in [3.63, 3.8) is 0 Å². The smallest absolute Gasteiger partial charge is 0.253 e. The Morgan fingerprint density at radius 1 is 1.41 bits per heavy atom. The molecule has 4 nitrogen and oxygen atoms in total. The fraction of sp³-hybridized carbons (Fsp3) is 0.231. The van der Waals surface area contributed by atoms with Crippen molar-refractivity contribution >= 4 is 5.82 Å². The van der Waals surface area contributed by atoms with E-state index in [2.05, 4.69) is 10.3 Å². The van der Waals surface area contributed by atoms with E-state index in [1.54, 1.807) is 17.0 Å². The van der Waals surface area contributed by atoms with Crippen LogP contribution in [0.15, 0.2) is 41.5 Å². The van der Waals surface area contributed by atoms with Crippen LogP contribution in [0, 0.1) is 6.92 Å². The molecular weight excluding hydrogens is 214 g/mol. The van der Waals surface area contributed by atoms with Crippen LogP contribution in [0.2, 0.25) is 0 Å². The average molecular weight is 229 g/mol. The van der Waals surface area contributed by atoms with Gasteiger partial charge < -0.3 is 9.88 Å². The lowest BCUT2D eigenvalue weighted by Gasteiger charge is -2.07. The molecule has 0 atom stereocenters. The van der Waals surface area contributed by atoms with Crippen LogP contribution < -0.4 is 10.9 Å². The molecule has 2 rings (SSSR count). The zero-order valence-corrected chi connectivity index (χ0v) is 9.97. The Labute approximate surface area is 99.9 Å². The van der Waals surface area contributed by atoms with Crippen molar-refractivity contribution < 1.29 is 0 Å². The molecule has 0 spiro atoms. The number of rotatable bonds is 3. The minimum atomic E-state index is 0.0512. The summed E-state index contributed by atoms with van der Waals surface area (Å²) in [5.41, 5.74) is 1.86. The van der Waals surface area contributed by atoms with E-state index in [9.17, 15) is 4.79 Å². The third-order valence-electron chi connectivity index (χ3n) is 2.64. The fourth-order valence-electron chi connectivity index (χ4n) is 1.69. The van der Waals surface area contributed by atoms with Gasteiger partial charge in [0.1, 0.15) is 5.82 Å². The van der Waals surface area contributed by atoms with Crippen LogP contribution >= 0.6 is 0 Å². The Morgan fingerprint density at radius 2 is 2.24 bits per heavy atom. The SMILES string of the molecule is CNc1cc(Cn2cccc(C)c2=O)ccn1. The lowest BCUT2D eigenvalue weighted by atomic mass is 10.2. The molecule has 17 heavy (non-hydrogen) atoms. The van der Waals surface area contributed by atoms with E-state index < -0.39 is 0 Å². The standard InChI is InChI=1S/C13H15N3O/c1-10-4-3-7-16(13(10)17)9-11-5-6-15-12(8-11)14-2/h3-8H,9H2,1-2H3,(H,14,15). The molecular formula is C13H15N3O. The Morgan fingerprint density at radius 3 is 3.00 bits per heavy atom. The van der Waals surface area contributed by atoms with Gasteiger partial charge in [-0.15, -0.1) is 0 Å². The third-order valence-corrected chi connectivity index (χ3v) is 2.64. The highest BCUT2D eigenvalue weighted by molar-refractivity contribution is 5.36. The molecule has 0 aliphatic heterocycles. The highest BCUT2D eigenvalue weighted by Crippen LogP contribution is 2.07. The second-order valence-electron chi connectivity index (χ2n) is 3.92. The molecule has 1 N–H and O–H groups in total. The largest absolute Gasteiger partial charge is 0.373 e. The first-order valence-electron chi connectivity index (χ1n) is 5.49. The highest BCUT2D eigenvalue weighted by atomic mass is 16.1. The number of nitrogens with zero attached hydrogens (tertiary/aromatic N) is 2. The van der Waals surface area contributed by atoms with E-state index >= 15 is 0 Å². The molecule has 2 aromatic heterocycles. The Balaban J connectivity index is 2.31. The maximum atomic E-state index is 11.9. The summed E-state index contributed by atoms with van der Waals surface area (Å²) >= 11 is 0. The van der Waals surface area contributed by atoms with Crippen molar-refractivity contribution in [2.24, 2.45) is 0 Å². The summed E-state index contributed by atoms with van der Waals surface area (Å²) in [5, 5.41) is 2.98. The summed E-state index contributed by atoms with van der Waals surface area (Å²) in [7, 11) is 1.82. The number of aromatic nitrogens is 2. The van der Waals surface area contributed by atoms with E-state index in [1.807, 2.05) is 38.2 Å². The molecule has 0 aromatic carbocycles. The van der Waals surface area contributed by atoms with Gasteiger partial charge in [-0.3, -0.25) is 4.79 Å². The predicted molar refractivity (Wildman–Crippen MR) is 68.3 cm³/mol. The lowest BCUT2D eigenvalue weighted by Crippen LogP contribution is -2.21. The Hall–Kier alpha value is -2.10. The first-order valence-corrected chi connectivity index (χ1v) is 5.49. The van der Waals surface area contributed by atoms with Crippen LogP contribution in [-0.2, 0) is 6.54 Å². The molecule has 0 unspecified atom stereocenters. The van der Waals surface area contributed by atoms with Gasteiger partial charge in [0.25, 0.3) is 5.56 Å². The van der Waals surface area contributed by atoms with Gasteiger partial charge in [-0.1, -0.05) is 6.07 Å². The van der Waals surface area contributed by atoms with Crippen LogP contribution in [0.3, 0.4) is 0 Å². The molecule has 0 aliphatic carbocycles. The van der Waals surface area contributed by atoms with Crippen molar-refractivity contribution in [3.8, 4) is 0 Å². The molecule has 88 valence electrons. The molecule has 0 bridgehead atoms. The zero-order chi connectivity index (χ0) is 12.3. The quantitative estimate of drug-likeness (QED) is 0.870. The molecule has 4 heteroatoms. The normalized spacial score (nSPS) is 10.2. The van der Waals surface area contributed by atoms with Crippen molar-refractivity contribution in [1.82, 2.24) is 9.55 Å². The minimum Gasteiger partial charge on any atom is -0.373 e. The Bertz CT molecular complexity index is 575. The van der Waals surface area contributed by atoms with Crippen molar-refractivity contribution in [2.45, 2.75) is 13.5 Å². The zero-order valence-electron chi connectivity index (χ0n) is 9.97. The van der Waals surface area contributed by atoms with E-state index in [0.29, 0.717) is 6.54 Å². The molecule has 2 aromatic rings. The summed E-state index contributed by atoms with van der Waals surface area (Å²) in [5.74, 6) is 0.809. The van der Waals surface area contributed by atoms with Crippen molar-refractivity contribution in [1.29, 1.82) is 0 Å². The molecule has 0 aliphatic rings. The summed E-state index contributed by atoms with van der Waals surface area (Å²) in [6, 6.07) is 7.56. The number of pyridine rings is 2. The molecule has 0 amide bonds. The van der Waals surface area contributed by atoms with Gasteiger partial charge in [0.2, 0.25) is 0 Å². The fourth-order valence-corrected chi connectivity index (χ4v) is 1.69. The van der Waals surface area contributed by atoms with Crippen LogP contribution in [0.1, 0.15) is 11.1 Å². The summed E-state index contributed by atoms with van der Waals surface area (Å²) in [6.45, 7) is 2.39.